The third-order valence-electron chi connectivity index (χ3n) is 3.38. The van der Waals surface area contributed by atoms with Crippen LogP contribution in [0.5, 0.6) is 0 Å². The van der Waals surface area contributed by atoms with Crippen molar-refractivity contribution in [1.29, 1.82) is 0 Å². The number of rotatable bonds is 4. The molecule has 0 N–H and O–H groups in total. The summed E-state index contributed by atoms with van der Waals surface area (Å²) in [5.74, 6) is 1.38. The van der Waals surface area contributed by atoms with Gasteiger partial charge in [0, 0.05) is 5.92 Å². The lowest BCUT2D eigenvalue weighted by molar-refractivity contribution is -0.116. The summed E-state index contributed by atoms with van der Waals surface area (Å²) < 4.78 is 5.49. The Morgan fingerprint density at radius 2 is 2.24 bits per heavy atom. The van der Waals surface area contributed by atoms with Gasteiger partial charge in [-0.2, -0.15) is 0 Å². The van der Waals surface area contributed by atoms with Crippen LogP contribution in [0.2, 0.25) is 0 Å². The summed E-state index contributed by atoms with van der Waals surface area (Å²) in [7, 11) is 0. The SMILES string of the molecule is CCN1CCC(c2nc(CC(C)=O)co2)CC1. The molecule has 0 saturated carbocycles. The third-order valence-corrected chi connectivity index (χ3v) is 3.38. The standard InChI is InChI=1S/C13H20N2O2/c1-3-15-6-4-11(5-7-15)13-14-12(9-17-13)8-10(2)16/h9,11H,3-8H2,1-2H3. The fourth-order valence-electron chi connectivity index (χ4n) is 2.34. The molecule has 2 heterocycles. The summed E-state index contributed by atoms with van der Waals surface area (Å²) in [5.41, 5.74) is 0.769. The maximum atomic E-state index is 11.0. The van der Waals surface area contributed by atoms with E-state index in [0.29, 0.717) is 12.3 Å². The second-order valence-corrected chi connectivity index (χ2v) is 4.76. The number of aromatic nitrogens is 1. The molecule has 0 atom stereocenters. The molecule has 0 aromatic carbocycles. The topological polar surface area (TPSA) is 46.3 Å². The van der Waals surface area contributed by atoms with Crippen molar-refractivity contribution >= 4 is 5.78 Å². The molecule has 1 aliphatic heterocycles. The van der Waals surface area contributed by atoms with Crippen LogP contribution in [-0.4, -0.2) is 35.3 Å². The predicted octanol–water partition coefficient (Wildman–Crippen LogP) is 2.01. The molecule has 0 bridgehead atoms. The van der Waals surface area contributed by atoms with Gasteiger partial charge in [-0.15, -0.1) is 0 Å². The fraction of sp³-hybridized carbons (Fsp3) is 0.692. The summed E-state index contributed by atoms with van der Waals surface area (Å²) in [5, 5.41) is 0. The molecular weight excluding hydrogens is 216 g/mol. The highest BCUT2D eigenvalue weighted by atomic mass is 16.3. The van der Waals surface area contributed by atoms with E-state index >= 15 is 0 Å². The van der Waals surface area contributed by atoms with Crippen LogP contribution in [-0.2, 0) is 11.2 Å². The number of Topliss-reactive ketones (excluding diaryl/α,β-unsaturated/α-hetero) is 1. The van der Waals surface area contributed by atoms with Gasteiger partial charge in [0.15, 0.2) is 5.89 Å². The molecule has 0 radical (unpaired) electrons. The Morgan fingerprint density at radius 1 is 1.53 bits per heavy atom. The van der Waals surface area contributed by atoms with Crippen LogP contribution in [0.1, 0.15) is 44.2 Å². The molecule has 1 saturated heterocycles. The number of oxazole rings is 1. The van der Waals surface area contributed by atoms with E-state index < -0.39 is 0 Å². The number of hydrogen-bond donors (Lipinski definition) is 0. The van der Waals surface area contributed by atoms with Crippen LogP contribution in [0.4, 0.5) is 0 Å². The molecule has 94 valence electrons. The van der Waals surface area contributed by atoms with Gasteiger partial charge < -0.3 is 9.32 Å². The van der Waals surface area contributed by atoms with E-state index in [-0.39, 0.29) is 5.78 Å². The molecule has 4 nitrogen and oxygen atoms in total. The zero-order chi connectivity index (χ0) is 12.3. The monoisotopic (exact) mass is 236 g/mol. The van der Waals surface area contributed by atoms with E-state index in [1.165, 1.54) is 0 Å². The van der Waals surface area contributed by atoms with Gasteiger partial charge in [0.05, 0.1) is 12.1 Å². The Hall–Kier alpha value is -1.16. The second kappa shape index (κ2) is 5.45. The minimum atomic E-state index is 0.130. The molecule has 0 amide bonds. The number of ketones is 1. The van der Waals surface area contributed by atoms with Crippen LogP contribution in [0.3, 0.4) is 0 Å². The maximum Gasteiger partial charge on any atom is 0.197 e. The quantitative estimate of drug-likeness (QED) is 0.802. The van der Waals surface area contributed by atoms with Crippen molar-refractivity contribution in [2.24, 2.45) is 0 Å². The van der Waals surface area contributed by atoms with Gasteiger partial charge in [-0.3, -0.25) is 4.79 Å². The van der Waals surface area contributed by atoms with Gasteiger partial charge in [0.1, 0.15) is 12.0 Å². The van der Waals surface area contributed by atoms with E-state index in [2.05, 4.69) is 16.8 Å². The number of carbonyl (C=O) groups excluding carboxylic acids is 1. The Labute approximate surface area is 102 Å². The fourth-order valence-corrected chi connectivity index (χ4v) is 2.34. The first-order valence-corrected chi connectivity index (χ1v) is 6.35. The van der Waals surface area contributed by atoms with Gasteiger partial charge in [0.2, 0.25) is 0 Å². The average molecular weight is 236 g/mol. The van der Waals surface area contributed by atoms with Crippen molar-refractivity contribution < 1.29 is 9.21 Å². The predicted molar refractivity (Wildman–Crippen MR) is 65.0 cm³/mol. The van der Waals surface area contributed by atoms with Crippen molar-refractivity contribution in [1.82, 2.24) is 9.88 Å². The second-order valence-electron chi connectivity index (χ2n) is 4.76. The van der Waals surface area contributed by atoms with E-state index in [9.17, 15) is 4.79 Å². The highest BCUT2D eigenvalue weighted by Crippen LogP contribution is 2.27. The maximum absolute atomic E-state index is 11.0. The zero-order valence-electron chi connectivity index (χ0n) is 10.6. The highest BCUT2D eigenvalue weighted by molar-refractivity contribution is 5.77. The zero-order valence-corrected chi connectivity index (χ0v) is 10.6. The molecular formula is C13H20N2O2. The Bertz CT molecular complexity index is 379. The Balaban J connectivity index is 1.94. The van der Waals surface area contributed by atoms with Crippen molar-refractivity contribution in [3.63, 3.8) is 0 Å². The normalized spacial score (nSPS) is 18.5. The van der Waals surface area contributed by atoms with Gasteiger partial charge in [-0.25, -0.2) is 4.98 Å². The van der Waals surface area contributed by atoms with E-state index in [4.69, 9.17) is 4.42 Å². The van der Waals surface area contributed by atoms with Crippen LogP contribution in [0.15, 0.2) is 10.7 Å². The van der Waals surface area contributed by atoms with Crippen molar-refractivity contribution in [2.75, 3.05) is 19.6 Å². The molecule has 0 spiro atoms. The summed E-state index contributed by atoms with van der Waals surface area (Å²) in [4.78, 5) is 17.9. The van der Waals surface area contributed by atoms with Crippen molar-refractivity contribution in [2.45, 2.75) is 39.0 Å². The van der Waals surface area contributed by atoms with Crippen molar-refractivity contribution in [3.8, 4) is 0 Å². The van der Waals surface area contributed by atoms with E-state index in [0.717, 1.165) is 44.1 Å². The highest BCUT2D eigenvalue weighted by Gasteiger charge is 2.23. The molecule has 1 aromatic rings. The molecule has 0 unspecified atom stereocenters. The van der Waals surface area contributed by atoms with E-state index in [1.54, 1.807) is 13.2 Å². The first kappa shape index (κ1) is 12.3. The number of likely N-dealkylation sites (tertiary alicyclic amines) is 1. The van der Waals surface area contributed by atoms with Gasteiger partial charge >= 0.3 is 0 Å². The average Bonchev–Trinajstić information content (AvgIpc) is 2.77. The molecule has 0 aliphatic carbocycles. The Kier molecular flexibility index (Phi) is 3.94. The summed E-state index contributed by atoms with van der Waals surface area (Å²) >= 11 is 0. The van der Waals surface area contributed by atoms with Crippen LogP contribution >= 0.6 is 0 Å². The molecule has 4 heteroatoms. The minimum absolute atomic E-state index is 0.130. The molecule has 1 fully saturated rings. The molecule has 1 aliphatic rings. The third kappa shape index (κ3) is 3.16. The van der Waals surface area contributed by atoms with Crippen LogP contribution in [0, 0.1) is 0 Å². The number of hydrogen-bond acceptors (Lipinski definition) is 4. The molecule has 2 rings (SSSR count). The number of carbonyl (C=O) groups is 1. The van der Waals surface area contributed by atoms with E-state index in [1.807, 2.05) is 0 Å². The summed E-state index contributed by atoms with van der Waals surface area (Å²) in [6, 6.07) is 0. The number of nitrogens with zero attached hydrogens (tertiary/aromatic N) is 2. The smallest absolute Gasteiger partial charge is 0.197 e. The number of piperidine rings is 1. The van der Waals surface area contributed by atoms with Crippen LogP contribution in [0.25, 0.3) is 0 Å². The van der Waals surface area contributed by atoms with Gasteiger partial charge in [-0.05, 0) is 39.4 Å². The lowest BCUT2D eigenvalue weighted by Gasteiger charge is -2.29. The largest absolute Gasteiger partial charge is 0.448 e. The van der Waals surface area contributed by atoms with Gasteiger partial charge in [0.25, 0.3) is 0 Å². The minimum Gasteiger partial charge on any atom is -0.448 e. The van der Waals surface area contributed by atoms with Crippen LogP contribution < -0.4 is 0 Å². The first-order chi connectivity index (χ1) is 8.19. The summed E-state index contributed by atoms with van der Waals surface area (Å²) in [6.45, 7) is 7.12. The lowest BCUT2D eigenvalue weighted by atomic mass is 9.97. The summed E-state index contributed by atoms with van der Waals surface area (Å²) in [6.07, 6.45) is 4.22. The van der Waals surface area contributed by atoms with Crippen molar-refractivity contribution in [3.05, 3.63) is 17.8 Å². The first-order valence-electron chi connectivity index (χ1n) is 6.35. The lowest BCUT2D eigenvalue weighted by Crippen LogP contribution is -2.32. The molecule has 17 heavy (non-hydrogen) atoms. The Morgan fingerprint density at radius 3 is 2.82 bits per heavy atom. The molecule has 1 aromatic heterocycles. The van der Waals surface area contributed by atoms with Gasteiger partial charge in [-0.1, -0.05) is 6.92 Å².